The number of aromatic nitrogens is 4. The smallest absolute Gasteiger partial charge is 0.258 e. The Morgan fingerprint density at radius 2 is 1.37 bits per heavy atom. The second-order valence-corrected chi connectivity index (χ2v) is 5.98. The monoisotopic (exact) mass is 383 g/mol. The summed E-state index contributed by atoms with van der Waals surface area (Å²) < 4.78 is 59.9. The van der Waals surface area contributed by atoms with Crippen LogP contribution in [0.25, 0.3) is 11.4 Å². The van der Waals surface area contributed by atoms with Gasteiger partial charge in [-0.2, -0.15) is 10.2 Å². The summed E-state index contributed by atoms with van der Waals surface area (Å²) in [5.41, 5.74) is -2.46. The Balaban J connectivity index is 2.35. The number of nitro groups is 1. The van der Waals surface area contributed by atoms with Gasteiger partial charge in [-0.3, -0.25) is 10.1 Å². The first-order chi connectivity index (χ1) is 12.6. The van der Waals surface area contributed by atoms with Gasteiger partial charge in [0.25, 0.3) is 0 Å². The lowest BCUT2D eigenvalue weighted by Crippen LogP contribution is -2.15. The summed E-state index contributed by atoms with van der Waals surface area (Å²) in [5, 5.41) is 18.6. The topological polar surface area (TPSA) is 78.8 Å². The molecule has 7 nitrogen and oxygen atoms in total. The average Bonchev–Trinajstić information content (AvgIpc) is 3.05. The molecule has 0 aliphatic rings. The third-order valence-electron chi connectivity index (χ3n) is 4.09. The zero-order chi connectivity index (χ0) is 20.2. The van der Waals surface area contributed by atoms with Crippen LogP contribution in [0.1, 0.15) is 22.8 Å². The molecule has 0 aliphatic heterocycles. The fourth-order valence-corrected chi connectivity index (χ4v) is 2.95. The van der Waals surface area contributed by atoms with Crippen LogP contribution in [0.15, 0.2) is 6.07 Å². The highest BCUT2D eigenvalue weighted by molar-refractivity contribution is 5.51. The maximum atomic E-state index is 14.7. The minimum absolute atomic E-state index is 0.153. The van der Waals surface area contributed by atoms with Gasteiger partial charge in [0, 0.05) is 5.69 Å². The number of rotatable bonds is 3. The minimum Gasteiger partial charge on any atom is -0.258 e. The average molecular weight is 383 g/mol. The molecule has 0 saturated heterocycles. The quantitative estimate of drug-likeness (QED) is 0.299. The number of hydrogen-bond donors (Lipinski definition) is 0. The van der Waals surface area contributed by atoms with Crippen molar-refractivity contribution in [1.82, 2.24) is 19.6 Å². The van der Waals surface area contributed by atoms with E-state index in [4.69, 9.17) is 0 Å². The molecule has 0 saturated carbocycles. The van der Waals surface area contributed by atoms with Crippen molar-refractivity contribution < 1.29 is 22.5 Å². The Morgan fingerprint density at radius 1 is 0.889 bits per heavy atom. The highest BCUT2D eigenvalue weighted by atomic mass is 19.2. The lowest BCUT2D eigenvalue weighted by molar-refractivity contribution is -0.386. The number of halogens is 4. The zero-order valence-electron chi connectivity index (χ0n) is 14.6. The molecule has 2 aromatic heterocycles. The van der Waals surface area contributed by atoms with Gasteiger partial charge >= 0.3 is 5.69 Å². The Bertz CT molecular complexity index is 1070. The van der Waals surface area contributed by atoms with Crippen LogP contribution in [0.4, 0.5) is 23.2 Å². The van der Waals surface area contributed by atoms with Gasteiger partial charge in [-0.15, -0.1) is 0 Å². The number of benzene rings is 1. The molecule has 0 N–H and O–H groups in total. The summed E-state index contributed by atoms with van der Waals surface area (Å²) in [6, 6.07) is 1.48. The molecule has 27 heavy (non-hydrogen) atoms. The van der Waals surface area contributed by atoms with Crippen LogP contribution in [0.2, 0.25) is 0 Å². The molecular formula is C16H13F4N5O2. The first-order valence-electron chi connectivity index (χ1n) is 7.66. The molecule has 0 fully saturated rings. The van der Waals surface area contributed by atoms with Gasteiger partial charge in [0.1, 0.15) is 22.8 Å². The van der Waals surface area contributed by atoms with Crippen molar-refractivity contribution in [3.63, 3.8) is 0 Å². The molecule has 0 radical (unpaired) electrons. The largest absolute Gasteiger partial charge is 0.313 e. The SMILES string of the molecule is Cc1cc(C)n(-c2c(F)c(F)c(-n3nc(C)c([N+](=O)[O-])c3C)c(F)c2F)n1. The van der Waals surface area contributed by atoms with Gasteiger partial charge in [-0.05, 0) is 33.8 Å². The van der Waals surface area contributed by atoms with Crippen molar-refractivity contribution in [2.75, 3.05) is 0 Å². The van der Waals surface area contributed by atoms with E-state index < -0.39 is 45.3 Å². The van der Waals surface area contributed by atoms with Gasteiger partial charge in [0.2, 0.25) is 0 Å². The third kappa shape index (κ3) is 2.66. The summed E-state index contributed by atoms with van der Waals surface area (Å²) in [7, 11) is 0. The number of nitrogens with zero attached hydrogens (tertiary/aromatic N) is 5. The van der Waals surface area contributed by atoms with Crippen LogP contribution in [0.3, 0.4) is 0 Å². The summed E-state index contributed by atoms with van der Waals surface area (Å²) in [6.45, 7) is 5.43. The van der Waals surface area contributed by atoms with Crippen LogP contribution >= 0.6 is 0 Å². The van der Waals surface area contributed by atoms with E-state index in [0.717, 1.165) is 4.68 Å². The maximum absolute atomic E-state index is 14.7. The molecule has 0 aliphatic carbocycles. The molecule has 3 rings (SSSR count). The van der Waals surface area contributed by atoms with Crippen molar-refractivity contribution in [2.45, 2.75) is 27.7 Å². The fourth-order valence-electron chi connectivity index (χ4n) is 2.95. The Labute approximate surface area is 150 Å². The van der Waals surface area contributed by atoms with Gasteiger partial charge < -0.3 is 0 Å². The van der Waals surface area contributed by atoms with Crippen LogP contribution in [0.5, 0.6) is 0 Å². The van der Waals surface area contributed by atoms with E-state index in [1.165, 1.54) is 26.8 Å². The van der Waals surface area contributed by atoms with Crippen LogP contribution in [-0.2, 0) is 0 Å². The summed E-state index contributed by atoms with van der Waals surface area (Å²) in [4.78, 5) is 10.3. The van der Waals surface area contributed by atoms with Crippen molar-refractivity contribution in [2.24, 2.45) is 0 Å². The highest BCUT2D eigenvalue weighted by Gasteiger charge is 2.32. The van der Waals surface area contributed by atoms with E-state index in [1.54, 1.807) is 6.92 Å². The van der Waals surface area contributed by atoms with Crippen molar-refractivity contribution in [3.05, 3.63) is 62.2 Å². The predicted octanol–water partition coefficient (Wildman–Crippen LogP) is 3.76. The zero-order valence-corrected chi connectivity index (χ0v) is 14.6. The van der Waals surface area contributed by atoms with Gasteiger partial charge in [-0.1, -0.05) is 0 Å². The van der Waals surface area contributed by atoms with Crippen molar-refractivity contribution >= 4 is 5.69 Å². The molecule has 0 unspecified atom stereocenters. The lowest BCUT2D eigenvalue weighted by Gasteiger charge is -2.13. The number of hydrogen-bond acceptors (Lipinski definition) is 4. The van der Waals surface area contributed by atoms with E-state index in [9.17, 15) is 27.7 Å². The summed E-state index contributed by atoms with van der Waals surface area (Å²) >= 11 is 0. The van der Waals surface area contributed by atoms with Crippen LogP contribution in [0, 0.1) is 61.1 Å². The molecule has 2 heterocycles. The first kappa shape index (κ1) is 18.5. The summed E-state index contributed by atoms with van der Waals surface area (Å²) in [6.07, 6.45) is 0. The third-order valence-corrected chi connectivity index (χ3v) is 4.09. The minimum atomic E-state index is -1.74. The molecule has 0 spiro atoms. The molecule has 0 bridgehead atoms. The molecule has 1 aromatic carbocycles. The van der Waals surface area contributed by atoms with Gasteiger partial charge in [0.05, 0.1) is 10.6 Å². The van der Waals surface area contributed by atoms with Crippen molar-refractivity contribution in [3.8, 4) is 11.4 Å². The summed E-state index contributed by atoms with van der Waals surface area (Å²) in [5.74, 6) is -6.86. The second kappa shape index (κ2) is 6.18. The first-order valence-corrected chi connectivity index (χ1v) is 7.66. The second-order valence-electron chi connectivity index (χ2n) is 5.98. The molecule has 11 heteroatoms. The van der Waals surface area contributed by atoms with Crippen LogP contribution in [-0.4, -0.2) is 24.5 Å². The molecular weight excluding hydrogens is 370 g/mol. The maximum Gasteiger partial charge on any atom is 0.313 e. The number of aryl methyl sites for hydroxylation is 3. The highest BCUT2D eigenvalue weighted by Crippen LogP contribution is 2.33. The van der Waals surface area contributed by atoms with Crippen LogP contribution < -0.4 is 0 Å². The Hall–Kier alpha value is -3.24. The van der Waals surface area contributed by atoms with E-state index in [-0.39, 0.29) is 17.1 Å². The van der Waals surface area contributed by atoms with E-state index in [2.05, 4.69) is 10.2 Å². The fraction of sp³-hybridized carbons (Fsp3) is 0.250. The predicted molar refractivity (Wildman–Crippen MR) is 86.1 cm³/mol. The van der Waals surface area contributed by atoms with E-state index in [1.807, 2.05) is 0 Å². The Kier molecular flexibility index (Phi) is 4.25. The van der Waals surface area contributed by atoms with E-state index >= 15 is 0 Å². The normalized spacial score (nSPS) is 11.3. The van der Waals surface area contributed by atoms with Crippen molar-refractivity contribution in [1.29, 1.82) is 0 Å². The standard InChI is InChI=1S/C16H13F4N5O2/c1-6-5-7(2)23(21-6)15-10(17)12(19)16(13(20)11(15)18)24-9(4)14(25(26)27)8(3)22-24/h5H,1-4H3. The van der Waals surface area contributed by atoms with Gasteiger partial charge in [-0.25, -0.2) is 26.9 Å². The molecule has 0 atom stereocenters. The molecule has 142 valence electrons. The molecule has 0 amide bonds. The lowest BCUT2D eigenvalue weighted by atomic mass is 10.2. The Morgan fingerprint density at radius 3 is 1.74 bits per heavy atom. The van der Waals surface area contributed by atoms with Gasteiger partial charge in [0.15, 0.2) is 23.3 Å². The van der Waals surface area contributed by atoms with E-state index in [0.29, 0.717) is 10.4 Å². The molecule has 3 aromatic rings.